The molecule has 0 spiro atoms. The molecule has 2 aromatic rings. The Hall–Kier alpha value is -1.06. The van der Waals surface area contributed by atoms with Crippen molar-refractivity contribution in [2.75, 3.05) is 0 Å². The molecule has 0 heterocycles. The highest BCUT2D eigenvalue weighted by molar-refractivity contribution is 9.08. The van der Waals surface area contributed by atoms with E-state index in [2.05, 4.69) is 15.9 Å². The van der Waals surface area contributed by atoms with Crippen molar-refractivity contribution in [3.8, 4) is 11.5 Å². The lowest BCUT2D eigenvalue weighted by molar-refractivity contribution is 0.476. The second-order valence-corrected chi connectivity index (χ2v) is 4.44. The van der Waals surface area contributed by atoms with Crippen LogP contribution in [0.25, 0.3) is 0 Å². The Labute approximate surface area is 112 Å². The van der Waals surface area contributed by atoms with E-state index in [-0.39, 0.29) is 5.82 Å². The number of hydrogen-bond donors (Lipinski definition) is 0. The van der Waals surface area contributed by atoms with E-state index >= 15 is 0 Å². The molecule has 0 fully saturated rings. The minimum Gasteiger partial charge on any atom is -0.457 e. The van der Waals surface area contributed by atoms with Crippen molar-refractivity contribution in [3.05, 3.63) is 58.9 Å². The fraction of sp³-hybridized carbons (Fsp3) is 0.0769. The normalized spacial score (nSPS) is 10.3. The van der Waals surface area contributed by atoms with Gasteiger partial charge >= 0.3 is 0 Å². The fourth-order valence-electron chi connectivity index (χ4n) is 1.38. The van der Waals surface area contributed by atoms with E-state index in [0.717, 1.165) is 5.56 Å². The smallest absolute Gasteiger partial charge is 0.131 e. The summed E-state index contributed by atoms with van der Waals surface area (Å²) < 4.78 is 18.4. The van der Waals surface area contributed by atoms with E-state index in [1.54, 1.807) is 24.3 Å². The van der Waals surface area contributed by atoms with Crippen molar-refractivity contribution < 1.29 is 9.13 Å². The molecule has 0 bridgehead atoms. The molecule has 2 aromatic carbocycles. The zero-order valence-electron chi connectivity index (χ0n) is 8.79. The summed E-state index contributed by atoms with van der Waals surface area (Å²) in [6, 6.07) is 11.3. The SMILES string of the molecule is Fc1ccc(Oc2ccc(Cl)cc2CBr)cc1. The summed E-state index contributed by atoms with van der Waals surface area (Å²) in [6.45, 7) is 0. The molecule has 0 aliphatic heterocycles. The molecular weight excluding hydrogens is 306 g/mol. The molecule has 17 heavy (non-hydrogen) atoms. The van der Waals surface area contributed by atoms with Gasteiger partial charge < -0.3 is 4.74 Å². The molecule has 0 aliphatic rings. The van der Waals surface area contributed by atoms with Crippen LogP contribution in [-0.2, 0) is 5.33 Å². The standard InChI is InChI=1S/C13H9BrClFO/c14-8-9-7-10(15)1-6-13(9)17-12-4-2-11(16)3-5-12/h1-7H,8H2. The van der Waals surface area contributed by atoms with Crippen molar-refractivity contribution in [2.24, 2.45) is 0 Å². The van der Waals surface area contributed by atoms with Crippen LogP contribution in [0.1, 0.15) is 5.56 Å². The number of hydrogen-bond acceptors (Lipinski definition) is 1. The molecule has 0 N–H and O–H groups in total. The maximum atomic E-state index is 12.7. The van der Waals surface area contributed by atoms with Crippen LogP contribution in [0.4, 0.5) is 4.39 Å². The van der Waals surface area contributed by atoms with Gasteiger partial charge in [-0.1, -0.05) is 27.5 Å². The molecule has 0 atom stereocenters. The van der Waals surface area contributed by atoms with E-state index < -0.39 is 0 Å². The Kier molecular flexibility index (Phi) is 4.02. The van der Waals surface area contributed by atoms with E-state index in [4.69, 9.17) is 16.3 Å². The second kappa shape index (κ2) is 5.52. The van der Waals surface area contributed by atoms with E-state index in [1.165, 1.54) is 12.1 Å². The minimum atomic E-state index is -0.283. The van der Waals surface area contributed by atoms with Crippen LogP contribution in [0.5, 0.6) is 11.5 Å². The highest BCUT2D eigenvalue weighted by Crippen LogP contribution is 2.29. The van der Waals surface area contributed by atoms with Crippen molar-refractivity contribution in [2.45, 2.75) is 5.33 Å². The molecule has 0 amide bonds. The zero-order valence-corrected chi connectivity index (χ0v) is 11.1. The molecule has 0 saturated carbocycles. The highest BCUT2D eigenvalue weighted by Gasteiger charge is 2.05. The van der Waals surface area contributed by atoms with Gasteiger partial charge in [0.15, 0.2) is 0 Å². The summed E-state index contributed by atoms with van der Waals surface area (Å²) in [5.41, 5.74) is 0.946. The van der Waals surface area contributed by atoms with Crippen molar-refractivity contribution >= 4 is 27.5 Å². The molecular formula is C13H9BrClFO. The number of alkyl halides is 1. The van der Waals surface area contributed by atoms with Gasteiger partial charge in [0, 0.05) is 15.9 Å². The summed E-state index contributed by atoms with van der Waals surface area (Å²) in [5, 5.41) is 1.30. The molecule has 2 rings (SSSR count). The molecule has 0 aromatic heterocycles. The van der Waals surface area contributed by atoms with Crippen molar-refractivity contribution in [1.82, 2.24) is 0 Å². The van der Waals surface area contributed by atoms with Crippen LogP contribution < -0.4 is 4.74 Å². The van der Waals surface area contributed by atoms with Gasteiger partial charge in [0.2, 0.25) is 0 Å². The fourth-order valence-corrected chi connectivity index (χ4v) is 2.01. The third kappa shape index (κ3) is 3.20. The van der Waals surface area contributed by atoms with Gasteiger partial charge in [-0.05, 0) is 42.5 Å². The Morgan fingerprint density at radius 1 is 1.12 bits per heavy atom. The topological polar surface area (TPSA) is 9.23 Å². The largest absolute Gasteiger partial charge is 0.457 e. The van der Waals surface area contributed by atoms with Crippen molar-refractivity contribution in [3.63, 3.8) is 0 Å². The highest BCUT2D eigenvalue weighted by atomic mass is 79.9. The first kappa shape index (κ1) is 12.4. The van der Waals surface area contributed by atoms with E-state index in [9.17, 15) is 4.39 Å². The van der Waals surface area contributed by atoms with Gasteiger partial charge in [0.25, 0.3) is 0 Å². The lowest BCUT2D eigenvalue weighted by atomic mass is 10.2. The van der Waals surface area contributed by atoms with Crippen LogP contribution in [-0.4, -0.2) is 0 Å². The molecule has 88 valence electrons. The Morgan fingerprint density at radius 2 is 1.82 bits per heavy atom. The average molecular weight is 316 g/mol. The number of benzene rings is 2. The third-order valence-electron chi connectivity index (χ3n) is 2.21. The van der Waals surface area contributed by atoms with Gasteiger partial charge in [0.1, 0.15) is 17.3 Å². The summed E-state index contributed by atoms with van der Waals surface area (Å²) in [5.74, 6) is 1.02. The Morgan fingerprint density at radius 3 is 2.47 bits per heavy atom. The summed E-state index contributed by atoms with van der Waals surface area (Å²) in [6.07, 6.45) is 0. The number of halogens is 3. The molecule has 0 aliphatic carbocycles. The monoisotopic (exact) mass is 314 g/mol. The Balaban J connectivity index is 2.26. The van der Waals surface area contributed by atoms with Gasteiger partial charge in [-0.25, -0.2) is 4.39 Å². The summed E-state index contributed by atoms with van der Waals surface area (Å²) >= 11 is 9.26. The second-order valence-electron chi connectivity index (χ2n) is 3.44. The predicted octanol–water partition coefficient (Wildman–Crippen LogP) is 5.17. The first-order chi connectivity index (χ1) is 8.19. The van der Waals surface area contributed by atoms with Gasteiger partial charge in [-0.15, -0.1) is 0 Å². The first-order valence-corrected chi connectivity index (χ1v) is 6.47. The Bertz CT molecular complexity index is 513. The maximum absolute atomic E-state index is 12.7. The van der Waals surface area contributed by atoms with Crippen LogP contribution >= 0.6 is 27.5 Å². The van der Waals surface area contributed by atoms with Crippen molar-refractivity contribution in [1.29, 1.82) is 0 Å². The number of rotatable bonds is 3. The zero-order chi connectivity index (χ0) is 12.3. The summed E-state index contributed by atoms with van der Waals surface area (Å²) in [7, 11) is 0. The van der Waals surface area contributed by atoms with Gasteiger partial charge in [0.05, 0.1) is 0 Å². The maximum Gasteiger partial charge on any atom is 0.131 e. The van der Waals surface area contributed by atoms with E-state index in [0.29, 0.717) is 21.9 Å². The first-order valence-electron chi connectivity index (χ1n) is 4.97. The van der Waals surface area contributed by atoms with Gasteiger partial charge in [-0.2, -0.15) is 0 Å². The predicted molar refractivity (Wildman–Crippen MR) is 70.6 cm³/mol. The van der Waals surface area contributed by atoms with Crippen LogP contribution in [0.3, 0.4) is 0 Å². The van der Waals surface area contributed by atoms with Crippen LogP contribution in [0.15, 0.2) is 42.5 Å². The quantitative estimate of drug-likeness (QED) is 0.710. The minimum absolute atomic E-state index is 0.283. The molecule has 4 heteroatoms. The summed E-state index contributed by atoms with van der Waals surface area (Å²) in [4.78, 5) is 0. The van der Waals surface area contributed by atoms with E-state index in [1.807, 2.05) is 6.07 Å². The van der Waals surface area contributed by atoms with Crippen LogP contribution in [0, 0.1) is 5.82 Å². The molecule has 0 saturated heterocycles. The lowest BCUT2D eigenvalue weighted by Gasteiger charge is -2.09. The number of ether oxygens (including phenoxy) is 1. The van der Waals surface area contributed by atoms with Crippen LogP contribution in [0.2, 0.25) is 5.02 Å². The lowest BCUT2D eigenvalue weighted by Crippen LogP contribution is -1.89. The molecule has 0 radical (unpaired) electrons. The molecule has 0 unspecified atom stereocenters. The third-order valence-corrected chi connectivity index (χ3v) is 3.05. The molecule has 1 nitrogen and oxygen atoms in total. The average Bonchev–Trinajstić information content (AvgIpc) is 2.34. The van der Waals surface area contributed by atoms with Gasteiger partial charge in [-0.3, -0.25) is 0 Å².